The van der Waals surface area contributed by atoms with E-state index in [0.717, 1.165) is 6.42 Å². The maximum absolute atomic E-state index is 3.88. The van der Waals surface area contributed by atoms with E-state index in [2.05, 4.69) is 40.7 Å². The number of hydrogen-bond donors (Lipinski definition) is 0. The molecule has 16 heavy (non-hydrogen) atoms. The second-order valence-corrected chi connectivity index (χ2v) is 5.84. The van der Waals surface area contributed by atoms with E-state index in [1.807, 2.05) is 0 Å². The summed E-state index contributed by atoms with van der Waals surface area (Å²) in [4.78, 5) is 0. The van der Waals surface area contributed by atoms with Crippen LogP contribution in [0.2, 0.25) is 0 Å². The van der Waals surface area contributed by atoms with E-state index in [1.54, 1.807) is 11.1 Å². The maximum Gasteiger partial charge on any atom is -0.0142 e. The molecule has 0 aromatic rings. The summed E-state index contributed by atoms with van der Waals surface area (Å²) < 4.78 is 0. The Labute approximate surface area is 102 Å². The van der Waals surface area contributed by atoms with Gasteiger partial charge in [-0.15, -0.1) is 0 Å². The van der Waals surface area contributed by atoms with Crippen LogP contribution in [0, 0.1) is 12.3 Å². The van der Waals surface area contributed by atoms with Crippen molar-refractivity contribution in [2.75, 3.05) is 0 Å². The zero-order chi connectivity index (χ0) is 12.2. The largest absolute Gasteiger partial charge is 0.0856 e. The number of rotatable bonds is 4. The van der Waals surface area contributed by atoms with Gasteiger partial charge in [0.05, 0.1) is 0 Å². The minimum atomic E-state index is 0.438. The standard InChI is InChI=1S/C16H27/c1-6-8-13(2)10-11-15-14(3)9-7-12-16(15,4)5/h8H,1,6-7,9-12H2,2-5H3/b13-8+. The van der Waals surface area contributed by atoms with Crippen LogP contribution in [0.15, 0.2) is 22.8 Å². The van der Waals surface area contributed by atoms with Gasteiger partial charge in [0.1, 0.15) is 0 Å². The molecule has 1 radical (unpaired) electrons. The Morgan fingerprint density at radius 3 is 2.69 bits per heavy atom. The lowest BCUT2D eigenvalue weighted by molar-refractivity contribution is 0.354. The molecule has 0 bridgehead atoms. The summed E-state index contributed by atoms with van der Waals surface area (Å²) in [5, 5.41) is 0. The minimum absolute atomic E-state index is 0.438. The smallest absolute Gasteiger partial charge is 0.0142 e. The van der Waals surface area contributed by atoms with Crippen LogP contribution in [0.5, 0.6) is 0 Å². The summed E-state index contributed by atoms with van der Waals surface area (Å²) in [5.74, 6) is 0. The van der Waals surface area contributed by atoms with E-state index in [-0.39, 0.29) is 0 Å². The highest BCUT2D eigenvalue weighted by Crippen LogP contribution is 2.42. The molecule has 0 unspecified atom stereocenters. The lowest BCUT2D eigenvalue weighted by Gasteiger charge is -2.34. The first kappa shape index (κ1) is 13.5. The van der Waals surface area contributed by atoms with Crippen molar-refractivity contribution >= 4 is 0 Å². The Morgan fingerprint density at radius 1 is 1.44 bits per heavy atom. The molecule has 0 N–H and O–H groups in total. The first-order chi connectivity index (χ1) is 7.47. The summed E-state index contributed by atoms with van der Waals surface area (Å²) in [7, 11) is 0. The molecule has 0 fully saturated rings. The summed E-state index contributed by atoms with van der Waals surface area (Å²) in [6.45, 7) is 13.3. The van der Waals surface area contributed by atoms with Gasteiger partial charge in [-0.1, -0.05) is 36.6 Å². The van der Waals surface area contributed by atoms with Crippen LogP contribution in [0.25, 0.3) is 0 Å². The second-order valence-electron chi connectivity index (χ2n) is 5.84. The average molecular weight is 219 g/mol. The Bertz CT molecular complexity index is 289. The molecular weight excluding hydrogens is 192 g/mol. The molecule has 91 valence electrons. The number of allylic oxidation sites excluding steroid dienone is 4. The molecule has 0 atom stereocenters. The fraction of sp³-hybridized carbons (Fsp3) is 0.688. The van der Waals surface area contributed by atoms with Crippen molar-refractivity contribution in [3.05, 3.63) is 29.7 Å². The maximum atomic E-state index is 3.88. The van der Waals surface area contributed by atoms with Crippen molar-refractivity contribution in [2.24, 2.45) is 5.41 Å². The van der Waals surface area contributed by atoms with E-state index in [4.69, 9.17) is 0 Å². The Morgan fingerprint density at radius 2 is 2.12 bits per heavy atom. The molecule has 0 aliphatic heterocycles. The van der Waals surface area contributed by atoms with Crippen LogP contribution < -0.4 is 0 Å². The average Bonchev–Trinajstić information content (AvgIpc) is 2.16. The van der Waals surface area contributed by atoms with Crippen LogP contribution in [-0.2, 0) is 0 Å². The molecule has 0 heteroatoms. The SMILES string of the molecule is [CH2]C/C=C(\C)CCC1=C(C)CCCC1(C)C. The molecule has 0 saturated heterocycles. The van der Waals surface area contributed by atoms with Gasteiger partial charge in [-0.05, 0) is 64.7 Å². The molecule has 0 amide bonds. The Balaban J connectivity index is 2.67. The van der Waals surface area contributed by atoms with Crippen LogP contribution in [0.4, 0.5) is 0 Å². The van der Waals surface area contributed by atoms with Gasteiger partial charge in [0.25, 0.3) is 0 Å². The minimum Gasteiger partial charge on any atom is -0.0856 e. The highest BCUT2D eigenvalue weighted by molar-refractivity contribution is 5.23. The van der Waals surface area contributed by atoms with Gasteiger partial charge in [-0.2, -0.15) is 0 Å². The highest BCUT2D eigenvalue weighted by atomic mass is 14.3. The quantitative estimate of drug-likeness (QED) is 0.550. The third kappa shape index (κ3) is 3.50. The normalized spacial score (nSPS) is 21.4. The third-order valence-corrected chi connectivity index (χ3v) is 3.95. The van der Waals surface area contributed by atoms with E-state index in [0.29, 0.717) is 5.41 Å². The molecule has 1 aliphatic rings. The fourth-order valence-corrected chi connectivity index (χ4v) is 2.90. The Kier molecular flexibility index (Phi) is 4.83. The molecule has 1 rings (SSSR count). The summed E-state index contributed by atoms with van der Waals surface area (Å²) in [6.07, 6.45) is 9.69. The van der Waals surface area contributed by atoms with Crippen LogP contribution in [-0.4, -0.2) is 0 Å². The molecule has 0 nitrogen and oxygen atoms in total. The van der Waals surface area contributed by atoms with Crippen molar-refractivity contribution < 1.29 is 0 Å². The predicted octanol–water partition coefficient (Wildman–Crippen LogP) is 5.46. The fourth-order valence-electron chi connectivity index (χ4n) is 2.90. The molecule has 0 spiro atoms. The third-order valence-electron chi connectivity index (χ3n) is 3.95. The van der Waals surface area contributed by atoms with E-state index in [1.165, 1.54) is 37.7 Å². The van der Waals surface area contributed by atoms with Gasteiger partial charge in [0, 0.05) is 0 Å². The van der Waals surface area contributed by atoms with Crippen LogP contribution in [0.1, 0.15) is 66.2 Å². The van der Waals surface area contributed by atoms with Gasteiger partial charge in [-0.25, -0.2) is 0 Å². The van der Waals surface area contributed by atoms with Crippen molar-refractivity contribution in [3.8, 4) is 0 Å². The predicted molar refractivity (Wildman–Crippen MR) is 73.3 cm³/mol. The first-order valence-corrected chi connectivity index (χ1v) is 6.61. The van der Waals surface area contributed by atoms with Gasteiger partial charge >= 0.3 is 0 Å². The van der Waals surface area contributed by atoms with Gasteiger partial charge in [-0.3, -0.25) is 0 Å². The molecule has 0 heterocycles. The molecule has 0 saturated carbocycles. The molecule has 0 aromatic heterocycles. The lowest BCUT2D eigenvalue weighted by atomic mass is 9.71. The van der Waals surface area contributed by atoms with Crippen molar-refractivity contribution in [1.82, 2.24) is 0 Å². The lowest BCUT2D eigenvalue weighted by Crippen LogP contribution is -2.20. The molecule has 0 aromatic carbocycles. The second kappa shape index (κ2) is 5.70. The molecule has 1 aliphatic carbocycles. The van der Waals surface area contributed by atoms with E-state index >= 15 is 0 Å². The van der Waals surface area contributed by atoms with Crippen molar-refractivity contribution in [1.29, 1.82) is 0 Å². The van der Waals surface area contributed by atoms with Gasteiger partial charge in [0.2, 0.25) is 0 Å². The van der Waals surface area contributed by atoms with Gasteiger partial charge in [0.15, 0.2) is 0 Å². The van der Waals surface area contributed by atoms with Crippen molar-refractivity contribution in [3.63, 3.8) is 0 Å². The van der Waals surface area contributed by atoms with Crippen molar-refractivity contribution in [2.45, 2.75) is 66.2 Å². The summed E-state index contributed by atoms with van der Waals surface area (Å²) in [6, 6.07) is 0. The number of hydrogen-bond acceptors (Lipinski definition) is 0. The summed E-state index contributed by atoms with van der Waals surface area (Å²) >= 11 is 0. The summed E-state index contributed by atoms with van der Waals surface area (Å²) in [5.41, 5.74) is 5.30. The van der Waals surface area contributed by atoms with Crippen LogP contribution in [0.3, 0.4) is 0 Å². The van der Waals surface area contributed by atoms with E-state index in [9.17, 15) is 0 Å². The first-order valence-electron chi connectivity index (χ1n) is 6.61. The Hall–Kier alpha value is -0.520. The zero-order valence-corrected chi connectivity index (χ0v) is 11.5. The van der Waals surface area contributed by atoms with E-state index < -0.39 is 0 Å². The topological polar surface area (TPSA) is 0 Å². The monoisotopic (exact) mass is 219 g/mol. The van der Waals surface area contributed by atoms with Gasteiger partial charge < -0.3 is 0 Å². The zero-order valence-electron chi connectivity index (χ0n) is 11.5. The molecular formula is C16H27. The highest BCUT2D eigenvalue weighted by Gasteiger charge is 2.27. The van der Waals surface area contributed by atoms with Crippen LogP contribution >= 0.6 is 0 Å².